The molecule has 3 N–H and O–H groups in total. The van der Waals surface area contributed by atoms with Crippen molar-refractivity contribution in [2.75, 3.05) is 18.6 Å². The molecule has 19 heavy (non-hydrogen) atoms. The van der Waals surface area contributed by atoms with Gasteiger partial charge in [-0.15, -0.1) is 0 Å². The molecule has 1 unspecified atom stereocenters. The summed E-state index contributed by atoms with van der Waals surface area (Å²) in [4.78, 5) is 11.9. The summed E-state index contributed by atoms with van der Waals surface area (Å²) in [5.41, 5.74) is 5.79. The lowest BCUT2D eigenvalue weighted by atomic mass is 10.1. The number of hydrogen-bond donors (Lipinski definition) is 2. The smallest absolute Gasteiger partial charge is 0.254 e. The molecule has 5 heteroatoms. The lowest BCUT2D eigenvalue weighted by Crippen LogP contribution is -2.34. The standard InChI is InChI=1S/C14H17FN2OS/c1-10(9-19-2)17-14(18)12-6-5-11(4-3-7-16)8-13(12)15/h5-6,8,10H,7,9,16H2,1-2H3,(H,17,18). The fourth-order valence-corrected chi connectivity index (χ4v) is 2.11. The average Bonchev–Trinajstić information content (AvgIpc) is 2.36. The van der Waals surface area contributed by atoms with E-state index in [1.807, 2.05) is 13.2 Å². The maximum atomic E-state index is 13.8. The topological polar surface area (TPSA) is 55.1 Å². The molecule has 102 valence electrons. The molecule has 0 bridgehead atoms. The van der Waals surface area contributed by atoms with Gasteiger partial charge in [-0.25, -0.2) is 4.39 Å². The Balaban J connectivity index is 2.81. The molecule has 0 saturated carbocycles. The van der Waals surface area contributed by atoms with E-state index in [1.54, 1.807) is 17.8 Å². The number of benzene rings is 1. The summed E-state index contributed by atoms with van der Waals surface area (Å²) in [7, 11) is 0. The van der Waals surface area contributed by atoms with Gasteiger partial charge in [-0.05, 0) is 31.4 Å². The first-order valence-electron chi connectivity index (χ1n) is 5.86. The number of amides is 1. The summed E-state index contributed by atoms with van der Waals surface area (Å²) in [6.07, 6.45) is 1.95. The quantitative estimate of drug-likeness (QED) is 0.824. The molecule has 0 spiro atoms. The minimum Gasteiger partial charge on any atom is -0.349 e. The number of halogens is 1. The fraction of sp³-hybridized carbons (Fsp3) is 0.357. The van der Waals surface area contributed by atoms with E-state index in [0.29, 0.717) is 5.56 Å². The first-order chi connectivity index (χ1) is 9.08. The Kier molecular flexibility index (Phi) is 6.40. The van der Waals surface area contributed by atoms with E-state index in [4.69, 9.17) is 5.73 Å². The van der Waals surface area contributed by atoms with Crippen LogP contribution in [-0.4, -0.2) is 30.5 Å². The Labute approximate surface area is 117 Å². The zero-order valence-corrected chi connectivity index (χ0v) is 11.8. The zero-order valence-electron chi connectivity index (χ0n) is 11.0. The highest BCUT2D eigenvalue weighted by atomic mass is 32.2. The number of hydrogen-bond acceptors (Lipinski definition) is 3. The van der Waals surface area contributed by atoms with Crippen LogP contribution in [0.4, 0.5) is 4.39 Å². The van der Waals surface area contributed by atoms with Gasteiger partial charge in [-0.1, -0.05) is 11.8 Å². The molecule has 0 saturated heterocycles. The Bertz CT molecular complexity index is 508. The summed E-state index contributed by atoms with van der Waals surface area (Å²) < 4.78 is 13.8. The molecule has 1 amide bonds. The molecule has 1 aromatic carbocycles. The monoisotopic (exact) mass is 280 g/mol. The Morgan fingerprint density at radius 3 is 2.89 bits per heavy atom. The molecule has 0 aliphatic heterocycles. The maximum Gasteiger partial charge on any atom is 0.254 e. The number of carbonyl (C=O) groups is 1. The van der Waals surface area contributed by atoms with Gasteiger partial charge in [0.2, 0.25) is 0 Å². The fourth-order valence-electron chi connectivity index (χ4n) is 1.52. The molecule has 0 fully saturated rings. The van der Waals surface area contributed by atoms with Crippen LogP contribution in [0.5, 0.6) is 0 Å². The minimum absolute atomic E-state index is 0.00129. The van der Waals surface area contributed by atoms with Crippen LogP contribution in [0, 0.1) is 17.7 Å². The van der Waals surface area contributed by atoms with Gasteiger partial charge in [-0.2, -0.15) is 11.8 Å². The molecule has 0 aromatic heterocycles. The first kappa shape index (κ1) is 15.5. The summed E-state index contributed by atoms with van der Waals surface area (Å²) >= 11 is 1.62. The molecule has 0 radical (unpaired) electrons. The second-order valence-electron chi connectivity index (χ2n) is 4.03. The van der Waals surface area contributed by atoms with E-state index in [0.717, 1.165) is 5.75 Å². The summed E-state index contributed by atoms with van der Waals surface area (Å²) in [6.45, 7) is 2.10. The molecule has 0 heterocycles. The highest BCUT2D eigenvalue weighted by Crippen LogP contribution is 2.10. The Hall–Kier alpha value is -1.51. The van der Waals surface area contributed by atoms with Crippen LogP contribution in [0.1, 0.15) is 22.8 Å². The van der Waals surface area contributed by atoms with Gasteiger partial charge in [0.05, 0.1) is 12.1 Å². The van der Waals surface area contributed by atoms with E-state index < -0.39 is 11.7 Å². The van der Waals surface area contributed by atoms with Crippen LogP contribution in [0.15, 0.2) is 18.2 Å². The van der Waals surface area contributed by atoms with Crippen LogP contribution < -0.4 is 11.1 Å². The van der Waals surface area contributed by atoms with Crippen LogP contribution in [-0.2, 0) is 0 Å². The second-order valence-corrected chi connectivity index (χ2v) is 4.94. The number of thioether (sulfide) groups is 1. The molecule has 1 aromatic rings. The zero-order chi connectivity index (χ0) is 14.3. The van der Waals surface area contributed by atoms with Gasteiger partial charge in [-0.3, -0.25) is 4.79 Å². The lowest BCUT2D eigenvalue weighted by molar-refractivity contribution is 0.0939. The van der Waals surface area contributed by atoms with Gasteiger partial charge >= 0.3 is 0 Å². The second kappa shape index (κ2) is 7.82. The Morgan fingerprint density at radius 1 is 1.58 bits per heavy atom. The van der Waals surface area contributed by atoms with Crippen molar-refractivity contribution in [1.82, 2.24) is 5.32 Å². The third-order valence-electron chi connectivity index (χ3n) is 2.34. The van der Waals surface area contributed by atoms with Crippen molar-refractivity contribution in [2.24, 2.45) is 5.73 Å². The SMILES string of the molecule is CSCC(C)NC(=O)c1ccc(C#CCN)cc1F. The summed E-state index contributed by atoms with van der Waals surface area (Å²) in [5, 5.41) is 2.74. The van der Waals surface area contributed by atoms with Crippen LogP contribution in [0.2, 0.25) is 0 Å². The highest BCUT2D eigenvalue weighted by Gasteiger charge is 2.13. The van der Waals surface area contributed by atoms with Gasteiger partial charge in [0, 0.05) is 17.4 Å². The van der Waals surface area contributed by atoms with Crippen LogP contribution >= 0.6 is 11.8 Å². The van der Waals surface area contributed by atoms with E-state index >= 15 is 0 Å². The van der Waals surface area contributed by atoms with Gasteiger partial charge in [0.1, 0.15) is 5.82 Å². The molecular formula is C14H17FN2OS. The highest BCUT2D eigenvalue weighted by molar-refractivity contribution is 7.98. The van der Waals surface area contributed by atoms with E-state index in [1.165, 1.54) is 12.1 Å². The van der Waals surface area contributed by atoms with Gasteiger partial charge < -0.3 is 11.1 Å². The van der Waals surface area contributed by atoms with E-state index in [2.05, 4.69) is 17.2 Å². The normalized spacial score (nSPS) is 11.4. The van der Waals surface area contributed by atoms with Crippen molar-refractivity contribution in [2.45, 2.75) is 13.0 Å². The predicted octanol–water partition coefficient (Wildman–Crippen LogP) is 1.62. The van der Waals surface area contributed by atoms with Crippen LogP contribution in [0.25, 0.3) is 0 Å². The molecular weight excluding hydrogens is 263 g/mol. The van der Waals surface area contributed by atoms with Crippen LogP contribution in [0.3, 0.4) is 0 Å². The number of rotatable bonds is 4. The van der Waals surface area contributed by atoms with Crippen molar-refractivity contribution in [1.29, 1.82) is 0 Å². The third-order valence-corrected chi connectivity index (χ3v) is 3.18. The molecule has 0 aliphatic carbocycles. The number of nitrogens with one attached hydrogen (secondary N) is 1. The van der Waals surface area contributed by atoms with Crippen molar-refractivity contribution in [3.63, 3.8) is 0 Å². The van der Waals surface area contributed by atoms with Gasteiger partial charge in [0.15, 0.2) is 0 Å². The number of nitrogens with two attached hydrogens (primary N) is 1. The molecule has 1 rings (SSSR count). The summed E-state index contributed by atoms with van der Waals surface area (Å²) in [5.74, 6) is 5.17. The molecule has 0 aliphatic rings. The largest absolute Gasteiger partial charge is 0.349 e. The maximum absolute atomic E-state index is 13.8. The van der Waals surface area contributed by atoms with Crippen molar-refractivity contribution >= 4 is 17.7 Å². The van der Waals surface area contributed by atoms with Crippen molar-refractivity contribution in [3.05, 3.63) is 35.1 Å². The minimum atomic E-state index is -0.572. The average molecular weight is 280 g/mol. The van der Waals surface area contributed by atoms with Crippen molar-refractivity contribution < 1.29 is 9.18 Å². The lowest BCUT2D eigenvalue weighted by Gasteiger charge is -2.12. The predicted molar refractivity (Wildman–Crippen MR) is 77.6 cm³/mol. The molecule has 3 nitrogen and oxygen atoms in total. The van der Waals surface area contributed by atoms with Crippen molar-refractivity contribution in [3.8, 4) is 11.8 Å². The first-order valence-corrected chi connectivity index (χ1v) is 7.26. The molecule has 1 atom stereocenters. The van der Waals surface area contributed by atoms with E-state index in [-0.39, 0.29) is 18.2 Å². The third kappa shape index (κ3) is 4.93. The van der Waals surface area contributed by atoms with Gasteiger partial charge in [0.25, 0.3) is 5.91 Å². The number of carbonyl (C=O) groups excluding carboxylic acids is 1. The summed E-state index contributed by atoms with van der Waals surface area (Å²) in [6, 6.07) is 4.30. The van der Waals surface area contributed by atoms with E-state index in [9.17, 15) is 9.18 Å². The Morgan fingerprint density at radius 2 is 2.32 bits per heavy atom.